The fraction of sp³-hybridized carbons (Fsp3) is 1.00. The minimum atomic E-state index is -4.36. The lowest BCUT2D eigenvalue weighted by atomic mass is 9.96. The van der Waals surface area contributed by atoms with E-state index in [-0.39, 0.29) is 58.8 Å². The molecule has 0 fully saturated rings. The Morgan fingerprint density at radius 1 is 0.459 bits per heavy atom. The van der Waals surface area contributed by atoms with Crippen molar-refractivity contribution < 1.29 is 36.3 Å². The maximum atomic E-state index is 13.4. The second kappa shape index (κ2) is 21.8. The van der Waals surface area contributed by atoms with Crippen LogP contribution >= 0.6 is 132 Å². The van der Waals surface area contributed by atoms with Crippen molar-refractivity contribution >= 4 is 132 Å². The Balaban J connectivity index is 5.85. The van der Waals surface area contributed by atoms with E-state index in [4.69, 9.17) is 143 Å². The summed E-state index contributed by atoms with van der Waals surface area (Å²) in [5, 5.41) is 0. The van der Waals surface area contributed by atoms with Crippen LogP contribution in [0.15, 0.2) is 0 Å². The molecule has 0 aromatic carbocycles. The summed E-state index contributed by atoms with van der Waals surface area (Å²) in [6.07, 6.45) is -3.59. The van der Waals surface area contributed by atoms with Crippen molar-refractivity contribution in [1.82, 2.24) is 0 Å². The van der Waals surface area contributed by atoms with Gasteiger partial charge in [0.25, 0.3) is 0 Å². The van der Waals surface area contributed by atoms with Crippen LogP contribution in [-0.4, -0.2) is 96.4 Å². The van der Waals surface area contributed by atoms with E-state index in [1.807, 2.05) is 0 Å². The van der Waals surface area contributed by atoms with Gasteiger partial charge < -0.3 is 0 Å². The number of rotatable bonds is 24. The van der Waals surface area contributed by atoms with Crippen molar-refractivity contribution in [3.8, 4) is 0 Å². The lowest BCUT2D eigenvalue weighted by Crippen LogP contribution is -2.37. The van der Waals surface area contributed by atoms with Crippen LogP contribution in [-0.2, 0) is 36.3 Å². The van der Waals surface area contributed by atoms with Gasteiger partial charge in [0.1, 0.15) is 0 Å². The Bertz CT molecular complexity index is 592. The summed E-state index contributed by atoms with van der Waals surface area (Å²) in [6, 6.07) is 0. The average molecular weight is 777 g/mol. The van der Waals surface area contributed by atoms with Gasteiger partial charge in [-0.05, 0) is 0 Å². The Labute approximate surface area is 267 Å². The molecule has 0 amide bonds. The van der Waals surface area contributed by atoms with Gasteiger partial charge in [0, 0.05) is 17.2 Å². The number of alkyl halides is 10. The van der Waals surface area contributed by atoms with Gasteiger partial charge in [-0.3, -0.25) is 27.1 Å². The first-order valence-corrected chi connectivity index (χ1v) is 18.6. The van der Waals surface area contributed by atoms with Gasteiger partial charge in [0.05, 0.1) is 84.7 Å². The summed E-state index contributed by atoms with van der Waals surface area (Å²) in [5.41, 5.74) is -1.31. The molecule has 0 saturated heterocycles. The van der Waals surface area contributed by atoms with E-state index < -0.39 is 58.7 Å². The maximum absolute atomic E-state index is 13.4. The van der Waals surface area contributed by atoms with Crippen molar-refractivity contribution in [3.05, 3.63) is 0 Å². The van der Waals surface area contributed by atoms with E-state index in [0.29, 0.717) is 0 Å². The minimum Gasteiger partial charge on any atom is -0.286 e. The topological polar surface area (TPSA) is 89.5 Å². The number of phosphoric acid groups is 2. The van der Waals surface area contributed by atoms with Crippen LogP contribution in [0.2, 0.25) is 0 Å². The summed E-state index contributed by atoms with van der Waals surface area (Å²) < 4.78 is 59.5. The molecule has 0 atom stereocenters. The third kappa shape index (κ3) is 15.4. The van der Waals surface area contributed by atoms with Crippen molar-refractivity contribution in [3.63, 3.8) is 0 Å². The lowest BCUT2D eigenvalue weighted by molar-refractivity contribution is 0.0226. The van der Waals surface area contributed by atoms with Gasteiger partial charge in [-0.15, -0.1) is 116 Å². The molecule has 0 spiro atoms. The number of halogens is 10. The van der Waals surface area contributed by atoms with Gasteiger partial charge >= 0.3 is 15.6 Å². The molecular formula is C17H28Cl10O8P2. The Morgan fingerprint density at radius 3 is 0.838 bits per heavy atom. The normalized spacial score (nSPS) is 13.6. The Kier molecular flexibility index (Phi) is 23.6. The van der Waals surface area contributed by atoms with E-state index in [1.54, 1.807) is 0 Å². The van der Waals surface area contributed by atoms with Crippen LogP contribution in [0.25, 0.3) is 0 Å². The first-order chi connectivity index (χ1) is 17.5. The average Bonchev–Trinajstić information content (AvgIpc) is 2.92. The van der Waals surface area contributed by atoms with Crippen LogP contribution in [0.1, 0.15) is 0 Å². The Hall–Kier alpha value is 3.12. The van der Waals surface area contributed by atoms with E-state index >= 15 is 0 Å². The second-order valence-electron chi connectivity index (χ2n) is 7.35. The quantitative estimate of drug-likeness (QED) is 0.0718. The molecule has 0 aromatic heterocycles. The SMILES string of the molecule is O=P(OCC(CCl)(CCl)COP(=O)(OC(CCl)CCl)OC(CCl)CCl)(OC(CCl)CCl)OC(CCl)CCl. The van der Waals surface area contributed by atoms with E-state index in [0.717, 1.165) is 0 Å². The summed E-state index contributed by atoms with van der Waals surface area (Å²) in [7, 11) is -8.72. The van der Waals surface area contributed by atoms with Gasteiger partial charge in [-0.25, -0.2) is 9.13 Å². The largest absolute Gasteiger partial charge is 0.475 e. The van der Waals surface area contributed by atoms with Crippen LogP contribution in [0, 0.1) is 5.41 Å². The highest BCUT2D eigenvalue weighted by Crippen LogP contribution is 2.55. The molecule has 0 rings (SSSR count). The molecule has 8 nitrogen and oxygen atoms in total. The highest BCUT2D eigenvalue weighted by atomic mass is 35.5. The molecule has 0 heterocycles. The summed E-state index contributed by atoms with van der Waals surface area (Å²) >= 11 is 58.7. The number of hydrogen-bond donors (Lipinski definition) is 0. The fourth-order valence-electron chi connectivity index (χ4n) is 1.96. The molecule has 0 aliphatic rings. The molecule has 0 unspecified atom stereocenters. The molecule has 0 saturated carbocycles. The van der Waals surface area contributed by atoms with Crippen molar-refractivity contribution in [2.75, 3.05) is 72.0 Å². The number of phosphoric ester groups is 2. The number of hydrogen-bond acceptors (Lipinski definition) is 8. The fourth-order valence-corrected chi connectivity index (χ4v) is 8.34. The van der Waals surface area contributed by atoms with Crippen LogP contribution in [0.3, 0.4) is 0 Å². The molecule has 0 aliphatic heterocycles. The second-order valence-corrected chi connectivity index (χ2v) is 13.5. The highest BCUT2D eigenvalue weighted by Gasteiger charge is 2.42. The first-order valence-electron chi connectivity index (χ1n) is 10.3. The van der Waals surface area contributed by atoms with Gasteiger partial charge in [0.2, 0.25) is 0 Å². The zero-order chi connectivity index (χ0) is 28.5. The van der Waals surface area contributed by atoms with Crippen molar-refractivity contribution in [2.45, 2.75) is 24.4 Å². The lowest BCUT2D eigenvalue weighted by Gasteiger charge is -2.33. The van der Waals surface area contributed by atoms with Crippen molar-refractivity contribution in [1.29, 1.82) is 0 Å². The van der Waals surface area contributed by atoms with E-state index in [2.05, 4.69) is 0 Å². The molecule has 0 aromatic rings. The molecule has 20 heteroatoms. The molecule has 0 N–H and O–H groups in total. The summed E-state index contributed by atoms with van der Waals surface area (Å²) in [4.78, 5) is 0. The van der Waals surface area contributed by atoms with Crippen LogP contribution in [0.5, 0.6) is 0 Å². The molecule has 224 valence electrons. The maximum Gasteiger partial charge on any atom is 0.475 e. The monoisotopic (exact) mass is 772 g/mol. The standard InChI is InChI=1S/C17H28Cl10O8P2/c18-1-13(2-19)32-36(28,33-14(3-20)4-21)30-11-17(9-26,10-27)12-31-37(29,34-15(5-22)6-23)35-16(7-24)8-25/h13-16H,1-12H2. The highest BCUT2D eigenvalue weighted by molar-refractivity contribution is 7.48. The molecular weight excluding hydrogens is 749 g/mol. The van der Waals surface area contributed by atoms with E-state index in [1.165, 1.54) is 0 Å². The predicted octanol–water partition coefficient (Wildman–Crippen LogP) is 8.15. The predicted molar refractivity (Wildman–Crippen MR) is 156 cm³/mol. The van der Waals surface area contributed by atoms with Crippen LogP contribution < -0.4 is 0 Å². The third-order valence-electron chi connectivity index (χ3n) is 4.11. The molecule has 37 heavy (non-hydrogen) atoms. The molecule has 0 bridgehead atoms. The molecule has 0 radical (unpaired) electrons. The van der Waals surface area contributed by atoms with Crippen LogP contribution in [0.4, 0.5) is 0 Å². The zero-order valence-electron chi connectivity index (χ0n) is 19.2. The Morgan fingerprint density at radius 2 is 0.676 bits per heavy atom. The zero-order valence-corrected chi connectivity index (χ0v) is 28.6. The third-order valence-corrected chi connectivity index (χ3v) is 11.1. The van der Waals surface area contributed by atoms with Crippen molar-refractivity contribution in [2.24, 2.45) is 5.41 Å². The van der Waals surface area contributed by atoms with E-state index in [9.17, 15) is 9.13 Å². The summed E-state index contributed by atoms with van der Waals surface area (Å²) in [5.74, 6) is -1.37. The summed E-state index contributed by atoms with van der Waals surface area (Å²) in [6.45, 7) is -0.927. The smallest absolute Gasteiger partial charge is 0.286 e. The minimum absolute atomic E-state index is 0.117. The van der Waals surface area contributed by atoms with Gasteiger partial charge in [-0.1, -0.05) is 0 Å². The van der Waals surface area contributed by atoms with Gasteiger partial charge in [0.15, 0.2) is 0 Å². The molecule has 0 aliphatic carbocycles. The first kappa shape index (κ1) is 40.1. The van der Waals surface area contributed by atoms with Gasteiger partial charge in [-0.2, -0.15) is 0 Å².